The molecule has 36 heavy (non-hydrogen) atoms. The molecule has 1 aliphatic rings. The second-order valence-electron chi connectivity index (χ2n) is 9.28. The Bertz CT molecular complexity index is 1210. The van der Waals surface area contributed by atoms with E-state index in [1.807, 2.05) is 0 Å². The summed E-state index contributed by atoms with van der Waals surface area (Å²) in [5.41, 5.74) is -0.328. The first kappa shape index (κ1) is 26.0. The number of aromatic nitrogens is 4. The van der Waals surface area contributed by atoms with E-state index in [2.05, 4.69) is 38.3 Å². The van der Waals surface area contributed by atoms with Gasteiger partial charge in [0.05, 0.1) is 11.7 Å². The van der Waals surface area contributed by atoms with Crippen molar-refractivity contribution in [3.63, 3.8) is 0 Å². The summed E-state index contributed by atoms with van der Waals surface area (Å²) in [6, 6.07) is 2.99. The Labute approximate surface area is 210 Å². The SMILES string of the molecule is CC(C)(O)c1nn([C@H]2CC[C@H](S)CC2)cc1NC(=O)c1coc(-c2ccnc(NCC(F)(F)F)c2)n1. The number of alkyl halides is 3. The van der Waals surface area contributed by atoms with Crippen molar-refractivity contribution in [3.8, 4) is 11.5 Å². The monoisotopic (exact) mass is 524 g/mol. The van der Waals surface area contributed by atoms with Gasteiger partial charge < -0.3 is 20.2 Å². The first-order valence-electron chi connectivity index (χ1n) is 11.4. The van der Waals surface area contributed by atoms with E-state index in [9.17, 15) is 23.1 Å². The zero-order chi connectivity index (χ0) is 26.1. The highest BCUT2D eigenvalue weighted by molar-refractivity contribution is 7.80. The predicted octanol–water partition coefficient (Wildman–Crippen LogP) is 4.80. The second-order valence-corrected chi connectivity index (χ2v) is 10.0. The third-order valence-electron chi connectivity index (χ3n) is 5.81. The van der Waals surface area contributed by atoms with Gasteiger partial charge in [-0.05, 0) is 51.7 Å². The van der Waals surface area contributed by atoms with Crippen molar-refractivity contribution in [2.45, 2.75) is 62.6 Å². The minimum absolute atomic E-state index is 0.0109. The molecule has 194 valence electrons. The van der Waals surface area contributed by atoms with Gasteiger partial charge in [0.2, 0.25) is 5.89 Å². The van der Waals surface area contributed by atoms with Gasteiger partial charge in [0.25, 0.3) is 5.91 Å². The number of thiol groups is 1. The highest BCUT2D eigenvalue weighted by atomic mass is 32.1. The molecule has 13 heteroatoms. The van der Waals surface area contributed by atoms with Crippen molar-refractivity contribution >= 4 is 30.0 Å². The largest absolute Gasteiger partial charge is 0.444 e. The fourth-order valence-electron chi connectivity index (χ4n) is 3.99. The Morgan fingerprint density at radius 3 is 2.67 bits per heavy atom. The van der Waals surface area contributed by atoms with Crippen LogP contribution < -0.4 is 10.6 Å². The van der Waals surface area contributed by atoms with Gasteiger partial charge in [-0.15, -0.1) is 0 Å². The Morgan fingerprint density at radius 2 is 2.00 bits per heavy atom. The van der Waals surface area contributed by atoms with Crippen LogP contribution in [0.1, 0.15) is 61.8 Å². The van der Waals surface area contributed by atoms with Crippen molar-refractivity contribution in [1.29, 1.82) is 0 Å². The minimum atomic E-state index is -4.40. The molecule has 0 saturated heterocycles. The summed E-state index contributed by atoms with van der Waals surface area (Å²) >= 11 is 4.53. The van der Waals surface area contributed by atoms with Crippen LogP contribution in [0.25, 0.3) is 11.5 Å². The fourth-order valence-corrected chi connectivity index (χ4v) is 4.29. The van der Waals surface area contributed by atoms with Crippen LogP contribution in [-0.4, -0.2) is 48.7 Å². The number of hydrogen-bond donors (Lipinski definition) is 4. The molecule has 1 fully saturated rings. The number of amides is 1. The lowest BCUT2D eigenvalue weighted by atomic mass is 9.95. The lowest BCUT2D eigenvalue weighted by Crippen LogP contribution is -2.22. The van der Waals surface area contributed by atoms with E-state index in [1.165, 1.54) is 18.3 Å². The topological polar surface area (TPSA) is 118 Å². The predicted molar refractivity (Wildman–Crippen MR) is 130 cm³/mol. The third kappa shape index (κ3) is 6.38. The zero-order valence-electron chi connectivity index (χ0n) is 19.7. The van der Waals surface area contributed by atoms with Crippen LogP contribution in [0.3, 0.4) is 0 Å². The summed E-state index contributed by atoms with van der Waals surface area (Å²) in [5, 5.41) is 20.5. The number of anilines is 2. The summed E-state index contributed by atoms with van der Waals surface area (Å²) < 4.78 is 44.6. The maximum Gasteiger partial charge on any atom is 0.405 e. The molecule has 0 aromatic carbocycles. The summed E-state index contributed by atoms with van der Waals surface area (Å²) in [6.07, 6.45) is 3.47. The second kappa shape index (κ2) is 10.1. The average Bonchev–Trinajstić information content (AvgIpc) is 3.46. The number of aliphatic hydroxyl groups is 1. The molecule has 4 rings (SSSR count). The highest BCUT2D eigenvalue weighted by Crippen LogP contribution is 2.34. The van der Waals surface area contributed by atoms with Gasteiger partial charge >= 0.3 is 6.18 Å². The van der Waals surface area contributed by atoms with Gasteiger partial charge in [-0.2, -0.15) is 30.9 Å². The number of halogens is 3. The van der Waals surface area contributed by atoms with E-state index in [-0.39, 0.29) is 23.4 Å². The fraction of sp³-hybridized carbons (Fsp3) is 0.478. The molecule has 0 spiro atoms. The van der Waals surface area contributed by atoms with Crippen LogP contribution in [0, 0.1) is 0 Å². The first-order valence-corrected chi connectivity index (χ1v) is 11.9. The quantitative estimate of drug-likeness (QED) is 0.328. The molecule has 3 aromatic heterocycles. The van der Waals surface area contributed by atoms with Gasteiger partial charge in [0, 0.05) is 23.2 Å². The lowest BCUT2D eigenvalue weighted by molar-refractivity contribution is -0.115. The molecule has 0 bridgehead atoms. The van der Waals surface area contributed by atoms with Crippen LogP contribution in [0.15, 0.2) is 35.2 Å². The molecule has 0 unspecified atom stereocenters. The number of carbonyl (C=O) groups is 1. The standard InChI is InChI=1S/C23H27F3N6O3S/c1-22(2,34)19-16(10-32(31-19)14-3-5-15(36)6-4-14)29-20(33)17-11-35-21(30-17)13-7-8-27-18(9-13)28-12-23(24,25)26/h7-11,14-15,34,36H,3-6,12H2,1-2H3,(H,27,28)(H,29,33)/t14-,15-. The molecule has 3 N–H and O–H groups in total. The van der Waals surface area contributed by atoms with Crippen LogP contribution in [0.4, 0.5) is 24.7 Å². The van der Waals surface area contributed by atoms with E-state index in [0.717, 1.165) is 31.9 Å². The number of nitrogens with zero attached hydrogens (tertiary/aromatic N) is 4. The van der Waals surface area contributed by atoms with Crippen molar-refractivity contribution < 1.29 is 27.5 Å². The van der Waals surface area contributed by atoms with Crippen LogP contribution >= 0.6 is 12.6 Å². The van der Waals surface area contributed by atoms with Crippen molar-refractivity contribution in [3.05, 3.63) is 42.2 Å². The molecule has 1 saturated carbocycles. The van der Waals surface area contributed by atoms with Gasteiger partial charge in [0.1, 0.15) is 29.9 Å². The highest BCUT2D eigenvalue weighted by Gasteiger charge is 2.30. The smallest absolute Gasteiger partial charge is 0.405 e. The van der Waals surface area contributed by atoms with Crippen molar-refractivity contribution in [2.75, 3.05) is 17.2 Å². The van der Waals surface area contributed by atoms with E-state index >= 15 is 0 Å². The van der Waals surface area contributed by atoms with Gasteiger partial charge in [-0.1, -0.05) is 0 Å². The van der Waals surface area contributed by atoms with E-state index < -0.39 is 24.2 Å². The number of rotatable bonds is 7. The Hall–Kier alpha value is -3.06. The Balaban J connectivity index is 1.50. The molecule has 0 radical (unpaired) electrons. The molecule has 0 aliphatic heterocycles. The van der Waals surface area contributed by atoms with Crippen molar-refractivity contribution in [2.24, 2.45) is 0 Å². The number of nitrogens with one attached hydrogen (secondary N) is 2. The van der Waals surface area contributed by atoms with E-state index in [4.69, 9.17) is 4.42 Å². The van der Waals surface area contributed by atoms with E-state index in [0.29, 0.717) is 22.2 Å². The van der Waals surface area contributed by atoms with Crippen LogP contribution in [0.5, 0.6) is 0 Å². The Kier molecular flexibility index (Phi) is 7.32. The maximum absolute atomic E-state index is 12.9. The third-order valence-corrected chi connectivity index (χ3v) is 6.33. The first-order chi connectivity index (χ1) is 16.9. The number of carbonyl (C=O) groups excluding carboxylic acids is 1. The molecule has 3 aromatic rings. The van der Waals surface area contributed by atoms with Gasteiger partial charge in [0.15, 0.2) is 5.69 Å². The summed E-state index contributed by atoms with van der Waals surface area (Å²) in [7, 11) is 0. The normalized spacial score (nSPS) is 18.8. The summed E-state index contributed by atoms with van der Waals surface area (Å²) in [5.74, 6) is -0.554. The molecule has 1 amide bonds. The molecule has 0 atom stereocenters. The number of oxazole rings is 1. The zero-order valence-corrected chi connectivity index (χ0v) is 20.6. The molecule has 1 aliphatic carbocycles. The van der Waals surface area contributed by atoms with Crippen molar-refractivity contribution in [1.82, 2.24) is 19.7 Å². The number of pyridine rings is 1. The molecule has 3 heterocycles. The summed E-state index contributed by atoms with van der Waals surface area (Å²) in [6.45, 7) is 1.93. The lowest BCUT2D eigenvalue weighted by Gasteiger charge is -2.26. The Morgan fingerprint density at radius 1 is 1.28 bits per heavy atom. The van der Waals surface area contributed by atoms with E-state index in [1.54, 1.807) is 24.7 Å². The molecular formula is C23H27F3N6O3S. The summed E-state index contributed by atoms with van der Waals surface area (Å²) in [4.78, 5) is 20.9. The number of hydrogen-bond acceptors (Lipinski definition) is 8. The van der Waals surface area contributed by atoms with Crippen LogP contribution in [-0.2, 0) is 5.60 Å². The molecule has 9 nitrogen and oxygen atoms in total. The van der Waals surface area contributed by atoms with Crippen LogP contribution in [0.2, 0.25) is 0 Å². The average molecular weight is 525 g/mol. The minimum Gasteiger partial charge on any atom is -0.444 e. The molecular weight excluding hydrogens is 497 g/mol. The maximum atomic E-state index is 12.9. The van der Waals surface area contributed by atoms with Gasteiger partial charge in [-0.3, -0.25) is 9.48 Å². The van der Waals surface area contributed by atoms with Gasteiger partial charge in [-0.25, -0.2) is 9.97 Å².